The van der Waals surface area contributed by atoms with E-state index in [4.69, 9.17) is 10.8 Å². The standard InChI is InChI=1S/C19H22BrN3/c1-12(2)18(21)23(17-13(3)7-5-8-14(17)4)19(22)15-9-6-10-16(20)11-15/h5-12,21-22H,1-4H3. The van der Waals surface area contributed by atoms with Crippen molar-refractivity contribution in [2.75, 3.05) is 4.90 Å². The van der Waals surface area contributed by atoms with Crippen LogP contribution in [-0.4, -0.2) is 11.7 Å². The van der Waals surface area contributed by atoms with Crippen LogP contribution in [0, 0.1) is 30.6 Å². The zero-order valence-corrected chi connectivity index (χ0v) is 15.5. The van der Waals surface area contributed by atoms with Crippen LogP contribution in [0.2, 0.25) is 0 Å². The topological polar surface area (TPSA) is 50.9 Å². The van der Waals surface area contributed by atoms with Crippen LogP contribution >= 0.6 is 15.9 Å². The first-order valence-electron chi connectivity index (χ1n) is 7.62. The third kappa shape index (κ3) is 3.70. The molecule has 0 amide bonds. The average molecular weight is 372 g/mol. The van der Waals surface area contributed by atoms with Gasteiger partial charge in [0, 0.05) is 16.0 Å². The van der Waals surface area contributed by atoms with E-state index in [1.807, 2.05) is 70.2 Å². The summed E-state index contributed by atoms with van der Waals surface area (Å²) >= 11 is 3.46. The van der Waals surface area contributed by atoms with E-state index in [9.17, 15) is 0 Å². The molecule has 2 aromatic rings. The number of anilines is 1. The maximum absolute atomic E-state index is 8.70. The quantitative estimate of drug-likeness (QED) is 0.540. The fourth-order valence-electron chi connectivity index (χ4n) is 2.53. The van der Waals surface area contributed by atoms with Gasteiger partial charge in [-0.1, -0.05) is 60.1 Å². The van der Waals surface area contributed by atoms with Crippen molar-refractivity contribution in [1.82, 2.24) is 0 Å². The Morgan fingerprint density at radius 1 is 1.00 bits per heavy atom. The van der Waals surface area contributed by atoms with Crippen LogP contribution in [0.25, 0.3) is 0 Å². The summed E-state index contributed by atoms with van der Waals surface area (Å²) in [7, 11) is 0. The summed E-state index contributed by atoms with van der Waals surface area (Å²) in [6, 6.07) is 13.7. The summed E-state index contributed by atoms with van der Waals surface area (Å²) in [5, 5.41) is 17.2. The van der Waals surface area contributed by atoms with Gasteiger partial charge in [-0.2, -0.15) is 0 Å². The molecule has 0 fully saturated rings. The molecule has 0 saturated heterocycles. The molecule has 0 heterocycles. The first-order valence-corrected chi connectivity index (χ1v) is 8.41. The van der Waals surface area contributed by atoms with Gasteiger partial charge in [0.05, 0.1) is 5.69 Å². The number of hydrogen-bond donors (Lipinski definition) is 2. The Kier molecular flexibility index (Phi) is 5.37. The van der Waals surface area contributed by atoms with Crippen molar-refractivity contribution >= 4 is 33.3 Å². The summed E-state index contributed by atoms with van der Waals surface area (Å²) in [5.74, 6) is 0.774. The molecule has 0 bridgehead atoms. The molecule has 4 heteroatoms. The summed E-state index contributed by atoms with van der Waals surface area (Å²) in [6.45, 7) is 8.02. The average Bonchev–Trinajstić information content (AvgIpc) is 2.49. The molecular formula is C19H22BrN3. The van der Waals surface area contributed by atoms with Crippen LogP contribution in [0.1, 0.15) is 30.5 Å². The molecule has 2 rings (SSSR count). The highest BCUT2D eigenvalue weighted by atomic mass is 79.9. The molecule has 3 nitrogen and oxygen atoms in total. The van der Waals surface area contributed by atoms with E-state index in [-0.39, 0.29) is 5.92 Å². The number of para-hydroxylation sites is 1. The van der Waals surface area contributed by atoms with Crippen LogP contribution in [-0.2, 0) is 0 Å². The van der Waals surface area contributed by atoms with Gasteiger partial charge in [-0.25, -0.2) is 0 Å². The molecule has 2 N–H and O–H groups in total. The maximum atomic E-state index is 8.70. The number of nitrogens with zero attached hydrogens (tertiary/aromatic N) is 1. The minimum absolute atomic E-state index is 0.0292. The largest absolute Gasteiger partial charge is 0.288 e. The number of hydrogen-bond acceptors (Lipinski definition) is 2. The monoisotopic (exact) mass is 371 g/mol. The van der Waals surface area contributed by atoms with Gasteiger partial charge in [-0.15, -0.1) is 0 Å². The predicted molar refractivity (Wildman–Crippen MR) is 102 cm³/mol. The van der Waals surface area contributed by atoms with E-state index in [1.165, 1.54) is 0 Å². The molecule has 0 aliphatic heterocycles. The Morgan fingerprint density at radius 3 is 2.09 bits per heavy atom. The number of aryl methyl sites for hydroxylation is 2. The van der Waals surface area contributed by atoms with Crippen molar-refractivity contribution in [3.05, 3.63) is 63.6 Å². The second kappa shape index (κ2) is 7.09. The molecule has 0 unspecified atom stereocenters. The lowest BCUT2D eigenvalue weighted by atomic mass is 10.0. The molecule has 0 atom stereocenters. The summed E-state index contributed by atoms with van der Waals surface area (Å²) in [4.78, 5) is 1.76. The van der Waals surface area contributed by atoms with Crippen LogP contribution in [0.3, 0.4) is 0 Å². The minimum Gasteiger partial charge on any atom is -0.288 e. The Balaban J connectivity index is 2.60. The fraction of sp³-hybridized carbons (Fsp3) is 0.263. The molecular weight excluding hydrogens is 350 g/mol. The van der Waals surface area contributed by atoms with Gasteiger partial charge < -0.3 is 0 Å². The third-order valence-electron chi connectivity index (χ3n) is 3.77. The lowest BCUT2D eigenvalue weighted by Crippen LogP contribution is -2.40. The number of halogens is 1. The van der Waals surface area contributed by atoms with Gasteiger partial charge in [0.2, 0.25) is 0 Å². The summed E-state index contributed by atoms with van der Waals surface area (Å²) < 4.78 is 0.928. The molecule has 2 aromatic carbocycles. The SMILES string of the molecule is Cc1cccc(C)c1N(C(=N)c1cccc(Br)c1)C(=N)C(C)C. The van der Waals surface area contributed by atoms with Crippen molar-refractivity contribution in [2.24, 2.45) is 5.92 Å². The van der Waals surface area contributed by atoms with Crippen molar-refractivity contribution < 1.29 is 0 Å². The lowest BCUT2D eigenvalue weighted by molar-refractivity contribution is 0.858. The van der Waals surface area contributed by atoms with E-state index in [1.54, 1.807) is 4.90 Å². The van der Waals surface area contributed by atoms with Gasteiger partial charge in [0.15, 0.2) is 0 Å². The maximum Gasteiger partial charge on any atom is 0.138 e. The lowest BCUT2D eigenvalue weighted by Gasteiger charge is -2.30. The van der Waals surface area contributed by atoms with E-state index >= 15 is 0 Å². The molecule has 0 radical (unpaired) electrons. The van der Waals surface area contributed by atoms with Gasteiger partial charge >= 0.3 is 0 Å². The highest BCUT2D eigenvalue weighted by molar-refractivity contribution is 9.10. The second-order valence-electron chi connectivity index (χ2n) is 5.97. The zero-order valence-electron chi connectivity index (χ0n) is 13.9. The number of rotatable bonds is 3. The normalized spacial score (nSPS) is 10.7. The van der Waals surface area contributed by atoms with Crippen molar-refractivity contribution in [3.63, 3.8) is 0 Å². The molecule has 23 heavy (non-hydrogen) atoms. The number of benzene rings is 2. The number of nitrogens with one attached hydrogen (secondary N) is 2. The second-order valence-corrected chi connectivity index (χ2v) is 6.89. The third-order valence-corrected chi connectivity index (χ3v) is 4.27. The van der Waals surface area contributed by atoms with Crippen LogP contribution < -0.4 is 4.90 Å². The molecule has 0 aliphatic rings. The predicted octanol–water partition coefficient (Wildman–Crippen LogP) is 5.53. The van der Waals surface area contributed by atoms with E-state index in [2.05, 4.69) is 15.9 Å². The summed E-state index contributed by atoms with van der Waals surface area (Å²) in [6.07, 6.45) is 0. The Morgan fingerprint density at radius 2 is 1.57 bits per heavy atom. The molecule has 0 aromatic heterocycles. The zero-order chi connectivity index (χ0) is 17.1. The van der Waals surface area contributed by atoms with E-state index < -0.39 is 0 Å². The first-order chi connectivity index (χ1) is 10.8. The highest BCUT2D eigenvalue weighted by Crippen LogP contribution is 2.28. The van der Waals surface area contributed by atoms with E-state index in [0.717, 1.165) is 26.9 Å². The van der Waals surface area contributed by atoms with Crippen LogP contribution in [0.4, 0.5) is 5.69 Å². The van der Waals surface area contributed by atoms with E-state index in [0.29, 0.717) is 11.7 Å². The fourth-order valence-corrected chi connectivity index (χ4v) is 2.93. The molecule has 0 aliphatic carbocycles. The van der Waals surface area contributed by atoms with Gasteiger partial charge in [0.25, 0.3) is 0 Å². The van der Waals surface area contributed by atoms with Gasteiger partial charge in [-0.3, -0.25) is 15.7 Å². The highest BCUT2D eigenvalue weighted by Gasteiger charge is 2.24. The van der Waals surface area contributed by atoms with Crippen molar-refractivity contribution in [3.8, 4) is 0 Å². The van der Waals surface area contributed by atoms with Crippen molar-refractivity contribution in [2.45, 2.75) is 27.7 Å². The van der Waals surface area contributed by atoms with Crippen LogP contribution in [0.5, 0.6) is 0 Å². The molecule has 120 valence electrons. The molecule has 0 saturated carbocycles. The molecule has 0 spiro atoms. The van der Waals surface area contributed by atoms with Gasteiger partial charge in [-0.05, 0) is 37.1 Å². The Hall–Kier alpha value is -1.94. The first kappa shape index (κ1) is 17.4. The van der Waals surface area contributed by atoms with Gasteiger partial charge in [0.1, 0.15) is 11.7 Å². The Bertz CT molecular complexity index is 730. The number of amidine groups is 2. The van der Waals surface area contributed by atoms with Crippen LogP contribution in [0.15, 0.2) is 46.9 Å². The smallest absolute Gasteiger partial charge is 0.138 e. The minimum atomic E-state index is 0.0292. The van der Waals surface area contributed by atoms with Crippen molar-refractivity contribution in [1.29, 1.82) is 10.8 Å². The summed E-state index contributed by atoms with van der Waals surface area (Å²) in [5.41, 5.74) is 3.84. The Labute approximate surface area is 146 Å².